The van der Waals surface area contributed by atoms with Crippen LogP contribution in [0.4, 0.5) is 0 Å². The van der Waals surface area contributed by atoms with Gasteiger partial charge in [0.25, 0.3) is 0 Å². The second-order valence-corrected chi connectivity index (χ2v) is 4.33. The van der Waals surface area contributed by atoms with Crippen LogP contribution in [0.25, 0.3) is 0 Å². The summed E-state index contributed by atoms with van der Waals surface area (Å²) in [5.74, 6) is 0.543. The Morgan fingerprint density at radius 3 is 2.57 bits per heavy atom. The van der Waals surface area contributed by atoms with Gasteiger partial charge in [-0.1, -0.05) is 36.8 Å². The largest absolute Gasteiger partial charge is 0.287 e. The summed E-state index contributed by atoms with van der Waals surface area (Å²) in [6.07, 6.45) is 3.28. The van der Waals surface area contributed by atoms with Crippen LogP contribution in [0.2, 0.25) is 0 Å². The number of hydrogen-bond donors (Lipinski definition) is 1. The third-order valence-electron chi connectivity index (χ3n) is 3.06. The van der Waals surface area contributed by atoms with Crippen LogP contribution in [0.3, 0.4) is 0 Å². The molecule has 1 aliphatic rings. The predicted molar refractivity (Wildman–Crippen MR) is 60.5 cm³/mol. The van der Waals surface area contributed by atoms with Gasteiger partial charge >= 0.3 is 0 Å². The molecule has 74 valence electrons. The van der Waals surface area contributed by atoms with Gasteiger partial charge in [-0.15, -0.1) is 12.6 Å². The Morgan fingerprint density at radius 1 is 1.21 bits per heavy atom. The highest BCUT2D eigenvalue weighted by Gasteiger charge is 2.31. The maximum absolute atomic E-state index is 11.3. The average molecular weight is 206 g/mol. The van der Waals surface area contributed by atoms with Crippen LogP contribution >= 0.6 is 12.6 Å². The number of thiol groups is 1. The standard InChI is InChI=1S/C12H14OS/c13-12(14)11-8-4-7-10(11)9-5-2-1-3-6-9/h1-3,5-6,10-11H,4,7-8H2,(H,13,14)/t10-,11+/m0/s1. The fourth-order valence-corrected chi connectivity index (χ4v) is 2.66. The first-order chi connectivity index (χ1) is 6.79. The molecule has 0 spiro atoms. The van der Waals surface area contributed by atoms with Crippen molar-refractivity contribution in [3.63, 3.8) is 0 Å². The fourth-order valence-electron chi connectivity index (χ4n) is 2.35. The highest BCUT2D eigenvalue weighted by atomic mass is 32.1. The van der Waals surface area contributed by atoms with Gasteiger partial charge in [0, 0.05) is 5.92 Å². The molecule has 0 N–H and O–H groups in total. The lowest BCUT2D eigenvalue weighted by Gasteiger charge is -2.16. The molecule has 1 aliphatic carbocycles. The van der Waals surface area contributed by atoms with E-state index < -0.39 is 0 Å². The number of carbonyl (C=O) groups excluding carboxylic acids is 1. The van der Waals surface area contributed by atoms with E-state index in [1.165, 1.54) is 5.56 Å². The van der Waals surface area contributed by atoms with Crippen molar-refractivity contribution in [2.75, 3.05) is 0 Å². The number of hydrogen-bond acceptors (Lipinski definition) is 1. The van der Waals surface area contributed by atoms with Crippen LogP contribution in [0, 0.1) is 5.92 Å². The third-order valence-corrected chi connectivity index (χ3v) is 3.39. The summed E-state index contributed by atoms with van der Waals surface area (Å²) in [5.41, 5.74) is 1.29. The number of rotatable bonds is 2. The van der Waals surface area contributed by atoms with Crippen molar-refractivity contribution in [2.24, 2.45) is 5.92 Å². The molecule has 1 aromatic carbocycles. The summed E-state index contributed by atoms with van der Waals surface area (Å²) in [4.78, 5) is 11.3. The molecule has 0 unspecified atom stereocenters. The summed E-state index contributed by atoms with van der Waals surface area (Å²) in [5, 5.41) is 0.0522. The van der Waals surface area contributed by atoms with Crippen molar-refractivity contribution in [2.45, 2.75) is 25.2 Å². The van der Waals surface area contributed by atoms with Gasteiger partial charge in [-0.25, -0.2) is 0 Å². The molecule has 1 nitrogen and oxygen atoms in total. The molecule has 1 fully saturated rings. The van der Waals surface area contributed by atoms with Crippen LogP contribution < -0.4 is 0 Å². The van der Waals surface area contributed by atoms with Gasteiger partial charge in [0.15, 0.2) is 5.12 Å². The third kappa shape index (κ3) is 1.85. The lowest BCUT2D eigenvalue weighted by Crippen LogP contribution is -2.12. The highest BCUT2D eigenvalue weighted by molar-refractivity contribution is 7.96. The Balaban J connectivity index is 2.22. The lowest BCUT2D eigenvalue weighted by molar-refractivity contribution is -0.114. The molecule has 1 aromatic rings. The minimum Gasteiger partial charge on any atom is -0.287 e. The Bertz CT molecular complexity index is 320. The molecule has 2 rings (SSSR count). The van der Waals surface area contributed by atoms with Crippen molar-refractivity contribution >= 4 is 17.7 Å². The topological polar surface area (TPSA) is 17.1 Å². The number of carbonyl (C=O) groups is 1. The van der Waals surface area contributed by atoms with E-state index in [2.05, 4.69) is 24.8 Å². The normalized spacial score (nSPS) is 26.4. The van der Waals surface area contributed by atoms with Crippen molar-refractivity contribution in [3.05, 3.63) is 35.9 Å². The van der Waals surface area contributed by atoms with Crippen molar-refractivity contribution < 1.29 is 4.79 Å². The Labute approximate surface area is 89.9 Å². The summed E-state index contributed by atoms with van der Waals surface area (Å²) in [6, 6.07) is 10.3. The van der Waals surface area contributed by atoms with Gasteiger partial charge in [-0.3, -0.25) is 4.79 Å². The molecule has 0 saturated heterocycles. The average Bonchev–Trinajstić information content (AvgIpc) is 2.67. The zero-order chi connectivity index (χ0) is 9.97. The van der Waals surface area contributed by atoms with E-state index in [-0.39, 0.29) is 11.0 Å². The van der Waals surface area contributed by atoms with Gasteiger partial charge in [0.2, 0.25) is 0 Å². The summed E-state index contributed by atoms with van der Waals surface area (Å²) in [7, 11) is 0. The molecule has 0 heterocycles. The van der Waals surface area contributed by atoms with Gasteiger partial charge in [-0.2, -0.15) is 0 Å². The second kappa shape index (κ2) is 4.18. The zero-order valence-electron chi connectivity index (χ0n) is 8.02. The molecule has 2 heteroatoms. The Morgan fingerprint density at radius 2 is 1.93 bits per heavy atom. The first kappa shape index (κ1) is 9.78. The zero-order valence-corrected chi connectivity index (χ0v) is 8.91. The Hall–Kier alpha value is -0.760. The van der Waals surface area contributed by atoms with Crippen LogP contribution in [-0.2, 0) is 4.79 Å². The Kier molecular flexibility index (Phi) is 2.92. The fraction of sp³-hybridized carbons (Fsp3) is 0.417. The molecular weight excluding hydrogens is 192 g/mol. The molecule has 0 aliphatic heterocycles. The molecule has 2 atom stereocenters. The minimum atomic E-state index is 0.0522. The predicted octanol–water partition coefficient (Wildman–Crippen LogP) is 3.03. The van der Waals surface area contributed by atoms with E-state index in [0.29, 0.717) is 5.92 Å². The quantitative estimate of drug-likeness (QED) is 0.736. The molecule has 1 saturated carbocycles. The van der Waals surface area contributed by atoms with E-state index in [4.69, 9.17) is 0 Å². The molecule has 0 bridgehead atoms. The molecule has 0 amide bonds. The van der Waals surface area contributed by atoms with Gasteiger partial charge < -0.3 is 0 Å². The van der Waals surface area contributed by atoms with E-state index >= 15 is 0 Å². The van der Waals surface area contributed by atoms with E-state index in [0.717, 1.165) is 19.3 Å². The maximum Gasteiger partial charge on any atom is 0.189 e. The lowest BCUT2D eigenvalue weighted by atomic mass is 9.90. The monoisotopic (exact) mass is 206 g/mol. The first-order valence-electron chi connectivity index (χ1n) is 5.07. The van der Waals surface area contributed by atoms with E-state index in [1.807, 2.05) is 18.2 Å². The first-order valence-corrected chi connectivity index (χ1v) is 5.51. The molecule has 0 radical (unpaired) electrons. The van der Waals surface area contributed by atoms with Crippen molar-refractivity contribution in [1.82, 2.24) is 0 Å². The van der Waals surface area contributed by atoms with Crippen LogP contribution in [0.5, 0.6) is 0 Å². The van der Waals surface area contributed by atoms with Crippen molar-refractivity contribution in [3.8, 4) is 0 Å². The van der Waals surface area contributed by atoms with Crippen LogP contribution in [0.15, 0.2) is 30.3 Å². The van der Waals surface area contributed by atoms with Gasteiger partial charge in [0.05, 0.1) is 0 Å². The molecular formula is C12H14OS. The summed E-state index contributed by atoms with van der Waals surface area (Å²) in [6.45, 7) is 0. The molecule has 14 heavy (non-hydrogen) atoms. The van der Waals surface area contributed by atoms with Crippen LogP contribution in [-0.4, -0.2) is 5.12 Å². The molecule has 0 aromatic heterocycles. The SMILES string of the molecule is O=C(S)[C@@H]1CCC[C@H]1c1ccccc1. The highest BCUT2D eigenvalue weighted by Crippen LogP contribution is 2.40. The van der Waals surface area contributed by atoms with E-state index in [1.54, 1.807) is 0 Å². The van der Waals surface area contributed by atoms with Crippen LogP contribution in [0.1, 0.15) is 30.7 Å². The van der Waals surface area contributed by atoms with Gasteiger partial charge in [0.1, 0.15) is 0 Å². The van der Waals surface area contributed by atoms with Crippen molar-refractivity contribution in [1.29, 1.82) is 0 Å². The smallest absolute Gasteiger partial charge is 0.189 e. The second-order valence-electron chi connectivity index (χ2n) is 3.89. The number of benzene rings is 1. The maximum atomic E-state index is 11.3. The van der Waals surface area contributed by atoms with E-state index in [9.17, 15) is 4.79 Å². The van der Waals surface area contributed by atoms with Gasteiger partial charge in [-0.05, 0) is 24.3 Å². The minimum absolute atomic E-state index is 0.0522. The summed E-state index contributed by atoms with van der Waals surface area (Å²) < 4.78 is 0. The summed E-state index contributed by atoms with van der Waals surface area (Å²) >= 11 is 3.96.